The summed E-state index contributed by atoms with van der Waals surface area (Å²) in [7, 11) is 0. The first-order chi connectivity index (χ1) is 41.3. The topological polar surface area (TPSA) is 398 Å². The Balaban J connectivity index is 1.10. The summed E-state index contributed by atoms with van der Waals surface area (Å²) in [6.45, 7) is -0.765. The van der Waals surface area contributed by atoms with Gasteiger partial charge in [-0.3, -0.25) is 9.69 Å². The molecular weight excluding hydrogens is 1110 g/mol. The molecule has 10 rings (SSSR count). The Hall–Kier alpha value is -7.58. The first-order valence-corrected chi connectivity index (χ1v) is 29.2. The van der Waals surface area contributed by atoms with E-state index in [4.69, 9.17) is 15.2 Å². The highest BCUT2D eigenvalue weighted by atomic mass is 16.8. The molecule has 12 unspecified atom stereocenters. The lowest BCUT2D eigenvalue weighted by atomic mass is 9.45. The second-order valence-electron chi connectivity index (χ2n) is 23.3. The Bertz CT molecular complexity index is 3370. The van der Waals surface area contributed by atoms with Crippen molar-refractivity contribution in [1.82, 2.24) is 15.3 Å². The molecule has 12 atom stereocenters. The SMILES string of the molecule is NC(=NCc1ccccc1)NCCCC(O)CCC1=CC2(C(=O)O)C(c3c(cc(OC4(O)OC(CO)C(O)C(O)C4O)c(O)c3O)N2C(=O)C=Cc2ccc(O)c(Cc3[nH]cnc3CCCO)c2)C1C12c3c(O)cccc3CCC1CCCC2CO. The molecule has 5 aromatic rings. The summed E-state index contributed by atoms with van der Waals surface area (Å²) < 4.78 is 11.1. The van der Waals surface area contributed by atoms with Crippen molar-refractivity contribution >= 4 is 29.6 Å². The predicted molar refractivity (Wildman–Crippen MR) is 312 cm³/mol. The number of carbonyl (C=O) groups is 2. The third kappa shape index (κ3) is 11.2. The van der Waals surface area contributed by atoms with Gasteiger partial charge in [-0.15, -0.1) is 0 Å². The number of aryl methyl sites for hydroxylation is 2. The van der Waals surface area contributed by atoms with Crippen LogP contribution in [-0.4, -0.2) is 163 Å². The molecule has 460 valence electrons. The number of fused-ring (bicyclic) bond motifs is 6. The van der Waals surface area contributed by atoms with Crippen LogP contribution in [0.4, 0.5) is 5.69 Å². The molecule has 1 amide bonds. The van der Waals surface area contributed by atoms with Crippen LogP contribution in [0.1, 0.15) is 108 Å². The molecule has 0 bridgehead atoms. The summed E-state index contributed by atoms with van der Waals surface area (Å²) in [5, 5.41) is 151. The number of nitrogens with zero attached hydrogens (tertiary/aromatic N) is 3. The number of imidazole rings is 1. The number of phenolic OH excluding ortho intramolecular Hbond substituents is 4. The lowest BCUT2D eigenvalue weighted by molar-refractivity contribution is -0.422. The van der Waals surface area contributed by atoms with Crippen molar-refractivity contribution in [2.24, 2.45) is 28.5 Å². The first kappa shape index (κ1) is 61.5. The average Bonchev–Trinajstić information content (AvgIpc) is 1.47. The number of nitrogens with two attached hydrogens (primary N) is 1. The van der Waals surface area contributed by atoms with Crippen LogP contribution in [0.25, 0.3) is 6.08 Å². The highest BCUT2D eigenvalue weighted by molar-refractivity contribution is 6.13. The van der Waals surface area contributed by atoms with Gasteiger partial charge < -0.3 is 91.9 Å². The van der Waals surface area contributed by atoms with Crippen LogP contribution in [-0.2, 0) is 45.5 Å². The van der Waals surface area contributed by atoms with Crippen LogP contribution < -0.4 is 20.7 Å². The third-order valence-electron chi connectivity index (χ3n) is 18.4. The maximum absolute atomic E-state index is 15.7. The minimum absolute atomic E-state index is 0.0128. The average molecular weight is 1190 g/mol. The normalized spacial score (nSPS) is 28.1. The number of rotatable bonds is 22. The quantitative estimate of drug-likeness (QED) is 0.00900. The van der Waals surface area contributed by atoms with E-state index in [0.29, 0.717) is 98.1 Å². The number of aromatic amines is 1. The molecule has 23 nitrogen and oxygen atoms in total. The highest BCUT2D eigenvalue weighted by Crippen LogP contribution is 2.72. The lowest BCUT2D eigenvalue weighted by Crippen LogP contribution is -2.67. The molecule has 1 saturated heterocycles. The van der Waals surface area contributed by atoms with Crippen molar-refractivity contribution < 1.29 is 85.4 Å². The smallest absolute Gasteiger partial charge is 0.355 e. The van der Waals surface area contributed by atoms with Gasteiger partial charge in [-0.05, 0) is 123 Å². The van der Waals surface area contributed by atoms with E-state index >= 15 is 9.59 Å². The molecule has 23 heteroatoms. The number of nitrogens with one attached hydrogen (secondary N) is 2. The van der Waals surface area contributed by atoms with Crippen molar-refractivity contribution in [3.8, 4) is 28.7 Å². The van der Waals surface area contributed by atoms with E-state index in [1.54, 1.807) is 12.1 Å². The summed E-state index contributed by atoms with van der Waals surface area (Å²) in [5.41, 5.74) is 6.42. The number of carboxylic acids is 1. The fraction of sp³-hybridized carbons (Fsp3) is 0.460. The lowest BCUT2D eigenvalue weighted by Gasteiger charge is -2.58. The molecule has 3 heterocycles. The van der Waals surface area contributed by atoms with Gasteiger partial charge in [0.05, 0.1) is 37.0 Å². The Labute approximate surface area is 495 Å². The molecule has 17 N–H and O–H groups in total. The van der Waals surface area contributed by atoms with Crippen LogP contribution in [0.15, 0.2) is 102 Å². The number of amides is 1. The number of aromatic nitrogens is 2. The van der Waals surface area contributed by atoms with Crippen LogP contribution >= 0.6 is 0 Å². The minimum Gasteiger partial charge on any atom is -0.508 e. The summed E-state index contributed by atoms with van der Waals surface area (Å²) in [6, 6.07) is 20.2. The van der Waals surface area contributed by atoms with Crippen molar-refractivity contribution in [1.29, 1.82) is 0 Å². The monoisotopic (exact) mass is 1190 g/mol. The standard InChI is InChI=1S/C63H76N6O17/c64-60(66-30-35-8-2-1-3-9-35)65-24-6-13-41(73)21-19-37-29-61(59(82)83)53(52(37)62-39(11-5-12-40(62)31-71)20-18-36-10-4-15-46(75)51(36)62)50-44(28-47(54(77)56(50)79)85-63(84)58(81)57(80)55(78)48(32-72)86-63)69(61)49(76)23-17-34-16-22-45(74)38(26-34)27-43-42(14-7-25-70)67-33-68-43/h1-4,8-10,15-17,22-23,26,28-29,33,39-41,48,52-53,55,57-58,70-75,77-81,84H,5-7,11-14,18-21,24-25,27,30-32H2,(H,67,68)(H,82,83)(H3,64,65,66). The van der Waals surface area contributed by atoms with Gasteiger partial charge in [-0.2, -0.15) is 0 Å². The summed E-state index contributed by atoms with van der Waals surface area (Å²) >= 11 is 0. The highest BCUT2D eigenvalue weighted by Gasteiger charge is 2.72. The van der Waals surface area contributed by atoms with Crippen molar-refractivity contribution in [2.45, 2.75) is 137 Å². The Morgan fingerprint density at radius 1 is 0.907 bits per heavy atom. The minimum atomic E-state index is -3.37. The molecule has 0 spiro atoms. The Kier molecular flexibility index (Phi) is 18.2. The number of hydrogen-bond donors (Lipinski definition) is 16. The number of carboxylic acid groups (broad SMARTS) is 1. The molecule has 2 aliphatic heterocycles. The van der Waals surface area contributed by atoms with Crippen molar-refractivity contribution in [3.05, 3.63) is 142 Å². The zero-order valence-corrected chi connectivity index (χ0v) is 47.3. The molecule has 1 aromatic heterocycles. The zero-order valence-electron chi connectivity index (χ0n) is 47.3. The van der Waals surface area contributed by atoms with Gasteiger partial charge in [0.2, 0.25) is 5.75 Å². The maximum Gasteiger partial charge on any atom is 0.355 e. The number of ether oxygens (including phenoxy) is 2. The number of aromatic hydroxyl groups is 4. The molecule has 5 aliphatic rings. The van der Waals surface area contributed by atoms with Gasteiger partial charge in [-0.25, -0.2) is 14.8 Å². The molecule has 4 aromatic carbocycles. The van der Waals surface area contributed by atoms with E-state index in [0.717, 1.165) is 28.2 Å². The van der Waals surface area contributed by atoms with E-state index in [1.165, 1.54) is 36.7 Å². The van der Waals surface area contributed by atoms with Gasteiger partial charge >= 0.3 is 11.9 Å². The molecule has 0 radical (unpaired) electrons. The number of aliphatic hydroxyl groups excluding tert-OH is 7. The van der Waals surface area contributed by atoms with Gasteiger partial charge in [0, 0.05) is 78.0 Å². The van der Waals surface area contributed by atoms with E-state index in [1.807, 2.05) is 36.4 Å². The number of aliphatic imine (C=N–C) groups is 1. The second kappa shape index (κ2) is 25.4. The predicted octanol–water partition coefficient (Wildman–Crippen LogP) is 3.09. The molecular formula is C63H76N6O17. The van der Waals surface area contributed by atoms with Crippen LogP contribution in [0.3, 0.4) is 0 Å². The molecule has 1 saturated carbocycles. The number of hydrogen-bond acceptors (Lipinski definition) is 18. The molecule has 2 fully saturated rings. The molecule has 3 aliphatic carbocycles. The maximum atomic E-state index is 15.7. The second-order valence-corrected chi connectivity index (χ2v) is 23.3. The zero-order chi connectivity index (χ0) is 61.2. The van der Waals surface area contributed by atoms with E-state index in [9.17, 15) is 66.4 Å². The number of allylic oxidation sites excluding steroid dienone is 1. The Morgan fingerprint density at radius 2 is 1.70 bits per heavy atom. The largest absolute Gasteiger partial charge is 0.508 e. The van der Waals surface area contributed by atoms with Crippen molar-refractivity contribution in [3.63, 3.8) is 0 Å². The van der Waals surface area contributed by atoms with Gasteiger partial charge in [0.15, 0.2) is 29.1 Å². The third-order valence-corrected chi connectivity index (χ3v) is 18.4. The number of guanidine groups is 1. The van der Waals surface area contributed by atoms with Crippen LogP contribution in [0.5, 0.6) is 28.7 Å². The fourth-order valence-electron chi connectivity index (χ4n) is 14.5. The number of phenols is 4. The number of H-pyrrole nitrogens is 1. The van der Waals surface area contributed by atoms with Gasteiger partial charge in [0.25, 0.3) is 5.91 Å². The number of anilines is 1. The van der Waals surface area contributed by atoms with E-state index < -0.39 is 108 Å². The summed E-state index contributed by atoms with van der Waals surface area (Å²) in [6.07, 6.45) is 0.620. The van der Waals surface area contributed by atoms with Gasteiger partial charge in [-0.1, -0.05) is 60.5 Å². The Morgan fingerprint density at radius 3 is 2.44 bits per heavy atom. The van der Waals surface area contributed by atoms with Crippen LogP contribution in [0, 0.1) is 17.8 Å². The number of benzene rings is 4. The fourth-order valence-corrected chi connectivity index (χ4v) is 14.5. The van der Waals surface area contributed by atoms with Crippen LogP contribution in [0.2, 0.25) is 0 Å². The van der Waals surface area contributed by atoms with E-state index in [2.05, 4.69) is 20.3 Å². The number of aliphatic hydroxyl groups is 8. The van der Waals surface area contributed by atoms with Gasteiger partial charge in [0.1, 0.15) is 29.8 Å². The molecule has 86 heavy (non-hydrogen) atoms. The first-order valence-electron chi connectivity index (χ1n) is 29.2. The number of carbonyl (C=O) groups excluding carboxylic acids is 1. The van der Waals surface area contributed by atoms with E-state index in [-0.39, 0.29) is 66.9 Å². The summed E-state index contributed by atoms with van der Waals surface area (Å²) in [5.74, 6) is -12.7. The number of aliphatic carboxylic acids is 1. The van der Waals surface area contributed by atoms with Crippen molar-refractivity contribution in [2.75, 3.05) is 31.3 Å². The summed E-state index contributed by atoms with van der Waals surface area (Å²) in [4.78, 5) is 43.5.